The summed E-state index contributed by atoms with van der Waals surface area (Å²) in [6, 6.07) is 0. The highest BCUT2D eigenvalue weighted by Crippen LogP contribution is 2.15. The Morgan fingerprint density at radius 1 is 0.767 bits per heavy atom. The van der Waals surface area contributed by atoms with Gasteiger partial charge in [0.2, 0.25) is 0 Å². The topological polar surface area (TPSA) is 105 Å². The molecule has 0 bridgehead atoms. The maximum atomic E-state index is 11.6. The van der Waals surface area contributed by atoms with Crippen molar-refractivity contribution in [1.29, 1.82) is 0 Å². The van der Waals surface area contributed by atoms with Gasteiger partial charge in [0.15, 0.2) is 0 Å². The molecule has 1 heterocycles. The van der Waals surface area contributed by atoms with Crippen LogP contribution in [0.25, 0.3) is 0 Å². The zero-order valence-corrected chi connectivity index (χ0v) is 17.8. The van der Waals surface area contributed by atoms with Crippen LogP contribution < -0.4 is 0 Å². The van der Waals surface area contributed by atoms with E-state index in [-0.39, 0.29) is 19.8 Å². The van der Waals surface area contributed by atoms with Crippen LogP contribution in [0.5, 0.6) is 0 Å². The number of aromatic nitrogens is 2. The van der Waals surface area contributed by atoms with Crippen LogP contribution in [0.2, 0.25) is 0 Å². The van der Waals surface area contributed by atoms with Crippen molar-refractivity contribution in [2.24, 2.45) is 0 Å². The Morgan fingerprint density at radius 3 is 1.67 bits per heavy atom. The smallest absolute Gasteiger partial charge is 0.333 e. The van der Waals surface area contributed by atoms with Gasteiger partial charge in [0.1, 0.15) is 0 Å². The third-order valence-electron chi connectivity index (χ3n) is 3.94. The van der Waals surface area contributed by atoms with E-state index in [4.69, 9.17) is 14.2 Å². The average molecular weight is 416 g/mol. The molecule has 8 nitrogen and oxygen atoms in total. The Kier molecular flexibility index (Phi) is 10.2. The molecule has 30 heavy (non-hydrogen) atoms. The van der Waals surface area contributed by atoms with Crippen LogP contribution in [0.3, 0.4) is 0 Å². The van der Waals surface area contributed by atoms with Gasteiger partial charge in [-0.05, 0) is 31.9 Å². The second-order valence-corrected chi connectivity index (χ2v) is 6.79. The number of hydrogen-bond acceptors (Lipinski definition) is 8. The zero-order valence-electron chi connectivity index (χ0n) is 17.8. The van der Waals surface area contributed by atoms with Gasteiger partial charge in [0.05, 0.1) is 31.7 Å². The van der Waals surface area contributed by atoms with Crippen LogP contribution in [0.1, 0.15) is 37.6 Å². The fraction of sp³-hybridized carbons (Fsp3) is 0.409. The van der Waals surface area contributed by atoms with Gasteiger partial charge in [-0.3, -0.25) is 0 Å². The van der Waals surface area contributed by atoms with Gasteiger partial charge in [-0.25, -0.2) is 14.4 Å². The molecular formula is C22H28N2O6. The summed E-state index contributed by atoms with van der Waals surface area (Å²) in [5.41, 5.74) is 3.14. The van der Waals surface area contributed by atoms with E-state index in [2.05, 4.69) is 29.9 Å². The van der Waals surface area contributed by atoms with Crippen molar-refractivity contribution in [2.45, 2.75) is 40.0 Å². The normalized spacial score (nSPS) is 10.1. The van der Waals surface area contributed by atoms with Crippen molar-refractivity contribution < 1.29 is 28.6 Å². The molecule has 0 unspecified atom stereocenters. The first-order valence-electron chi connectivity index (χ1n) is 9.43. The van der Waals surface area contributed by atoms with Crippen molar-refractivity contribution in [3.8, 4) is 0 Å². The van der Waals surface area contributed by atoms with E-state index in [0.29, 0.717) is 41.7 Å². The van der Waals surface area contributed by atoms with Crippen molar-refractivity contribution >= 4 is 17.9 Å². The molecule has 0 spiro atoms. The second kappa shape index (κ2) is 12.3. The van der Waals surface area contributed by atoms with Crippen LogP contribution in [0.15, 0.2) is 42.7 Å². The molecule has 0 saturated carbocycles. The summed E-state index contributed by atoms with van der Waals surface area (Å²) in [5.74, 6) is -1.44. The largest absolute Gasteiger partial charge is 0.462 e. The molecule has 0 aliphatic carbocycles. The maximum absolute atomic E-state index is 11.6. The molecule has 0 N–H and O–H groups in total. The van der Waals surface area contributed by atoms with E-state index in [0.717, 1.165) is 11.1 Å². The van der Waals surface area contributed by atoms with Crippen molar-refractivity contribution in [3.05, 3.63) is 59.5 Å². The molecule has 1 aromatic heterocycles. The average Bonchev–Trinajstić information content (AvgIpc) is 2.68. The maximum Gasteiger partial charge on any atom is 0.333 e. The fourth-order valence-electron chi connectivity index (χ4n) is 2.32. The van der Waals surface area contributed by atoms with E-state index < -0.39 is 17.9 Å². The molecule has 0 fully saturated rings. The minimum atomic E-state index is -0.484. The van der Waals surface area contributed by atoms with Crippen molar-refractivity contribution in [1.82, 2.24) is 10.2 Å². The highest BCUT2D eigenvalue weighted by atomic mass is 16.5. The minimum absolute atomic E-state index is 0.104. The monoisotopic (exact) mass is 416 g/mol. The quantitative estimate of drug-likeness (QED) is 0.291. The molecule has 0 aromatic carbocycles. The molecule has 0 aliphatic rings. The summed E-state index contributed by atoms with van der Waals surface area (Å²) in [6.07, 6.45) is 2.68. The third-order valence-corrected chi connectivity index (χ3v) is 3.94. The van der Waals surface area contributed by atoms with E-state index in [9.17, 15) is 14.4 Å². The Balaban J connectivity index is 2.89. The first-order valence-corrected chi connectivity index (χ1v) is 9.43. The van der Waals surface area contributed by atoms with E-state index in [1.165, 1.54) is 0 Å². The second-order valence-electron chi connectivity index (χ2n) is 6.79. The number of ether oxygens (including phenoxy) is 3. The number of rotatable bonds is 12. The lowest BCUT2D eigenvalue weighted by molar-refractivity contribution is -0.139. The zero-order chi connectivity index (χ0) is 22.7. The Labute approximate surface area is 176 Å². The summed E-state index contributed by atoms with van der Waals surface area (Å²) >= 11 is 0. The van der Waals surface area contributed by atoms with Crippen molar-refractivity contribution in [2.75, 3.05) is 19.8 Å². The van der Waals surface area contributed by atoms with Crippen molar-refractivity contribution in [3.63, 3.8) is 0 Å². The summed E-state index contributed by atoms with van der Waals surface area (Å²) in [4.78, 5) is 34.8. The highest BCUT2D eigenvalue weighted by Gasteiger charge is 2.14. The predicted molar refractivity (Wildman–Crippen MR) is 110 cm³/mol. The van der Waals surface area contributed by atoms with Gasteiger partial charge in [0.25, 0.3) is 0 Å². The Hall–Kier alpha value is -3.29. The summed E-state index contributed by atoms with van der Waals surface area (Å²) in [7, 11) is 0. The fourth-order valence-corrected chi connectivity index (χ4v) is 2.32. The highest BCUT2D eigenvalue weighted by molar-refractivity contribution is 5.87. The molecular weight excluding hydrogens is 388 g/mol. The van der Waals surface area contributed by atoms with Crippen LogP contribution in [0, 0.1) is 0 Å². The number of hydrogen-bond donors (Lipinski definition) is 0. The first-order chi connectivity index (χ1) is 14.1. The molecule has 0 atom stereocenters. The molecule has 0 amide bonds. The van der Waals surface area contributed by atoms with Crippen LogP contribution in [-0.2, 0) is 47.9 Å². The molecule has 1 rings (SSSR count). The number of carbonyl (C=O) groups is 3. The van der Waals surface area contributed by atoms with Crippen LogP contribution in [-0.4, -0.2) is 47.9 Å². The van der Waals surface area contributed by atoms with E-state index in [1.54, 1.807) is 27.0 Å². The van der Waals surface area contributed by atoms with Gasteiger partial charge in [-0.2, -0.15) is 10.2 Å². The molecule has 1 aromatic rings. The van der Waals surface area contributed by atoms with E-state index in [1.807, 2.05) is 0 Å². The molecule has 8 heteroatoms. The van der Waals surface area contributed by atoms with Gasteiger partial charge in [-0.1, -0.05) is 19.7 Å². The Bertz CT molecular complexity index is 794. The van der Waals surface area contributed by atoms with Gasteiger partial charge >= 0.3 is 17.9 Å². The predicted octanol–water partition coefficient (Wildman–Crippen LogP) is 2.46. The van der Waals surface area contributed by atoms with Gasteiger partial charge in [-0.15, -0.1) is 0 Å². The van der Waals surface area contributed by atoms with Gasteiger partial charge < -0.3 is 14.2 Å². The SMILES string of the molecule is C=C(C)C(=O)OCCc1cnnc(CCOC(=O)C(=C)C)c1CCOC(=O)C(=C)C. The molecule has 0 radical (unpaired) electrons. The molecule has 0 saturated heterocycles. The third kappa shape index (κ3) is 8.38. The Morgan fingerprint density at radius 2 is 1.20 bits per heavy atom. The standard InChI is InChI=1S/C22H28N2O6/c1-14(2)20(25)28-10-7-17-13-23-24-19(9-12-30-22(27)16(5)6)18(17)8-11-29-21(26)15(3)4/h13H,1,3,5,7-12H2,2,4,6H3. The van der Waals surface area contributed by atoms with Crippen LogP contribution in [0.4, 0.5) is 0 Å². The lowest BCUT2D eigenvalue weighted by Gasteiger charge is -2.14. The lowest BCUT2D eigenvalue weighted by Crippen LogP contribution is -2.16. The van der Waals surface area contributed by atoms with Gasteiger partial charge in [0, 0.05) is 36.0 Å². The van der Waals surface area contributed by atoms with E-state index >= 15 is 0 Å². The van der Waals surface area contributed by atoms with Crippen LogP contribution >= 0.6 is 0 Å². The number of esters is 3. The summed E-state index contributed by atoms with van der Waals surface area (Å²) in [6.45, 7) is 15.7. The lowest BCUT2D eigenvalue weighted by atomic mass is 10.0. The molecule has 0 aliphatic heterocycles. The number of carbonyl (C=O) groups excluding carboxylic acids is 3. The minimum Gasteiger partial charge on any atom is -0.462 e. The molecule has 162 valence electrons. The summed E-state index contributed by atoms with van der Waals surface area (Å²) in [5, 5.41) is 8.14. The first kappa shape index (κ1) is 24.7. The number of nitrogens with zero attached hydrogens (tertiary/aromatic N) is 2. The summed E-state index contributed by atoms with van der Waals surface area (Å²) < 4.78 is 15.5.